The second-order valence-electron chi connectivity index (χ2n) is 7.29. The van der Waals surface area contributed by atoms with Gasteiger partial charge in [0, 0.05) is 37.0 Å². The Labute approximate surface area is 129 Å². The van der Waals surface area contributed by atoms with Crippen molar-refractivity contribution in [3.05, 3.63) is 0 Å². The van der Waals surface area contributed by atoms with E-state index in [-0.39, 0.29) is 11.3 Å². The Balaban J connectivity index is 1.69. The molecule has 1 atom stereocenters. The summed E-state index contributed by atoms with van der Waals surface area (Å²) < 4.78 is 23.8. The van der Waals surface area contributed by atoms with Crippen LogP contribution in [0.25, 0.3) is 0 Å². The summed E-state index contributed by atoms with van der Waals surface area (Å²) >= 11 is 0. The number of piperazine rings is 1. The minimum absolute atomic E-state index is 0.243. The van der Waals surface area contributed by atoms with E-state index in [1.807, 2.05) is 0 Å². The van der Waals surface area contributed by atoms with E-state index in [4.69, 9.17) is 0 Å². The molecule has 2 aliphatic carbocycles. The largest absolute Gasteiger partial charge is 0.311 e. The SMILES string of the molecule is CCS(=O)(=O)CCN1CC(C2CC2)NCC12CCCCC2. The van der Waals surface area contributed by atoms with E-state index in [1.165, 1.54) is 44.9 Å². The van der Waals surface area contributed by atoms with Crippen LogP contribution in [0.2, 0.25) is 0 Å². The summed E-state index contributed by atoms with van der Waals surface area (Å²) in [6.07, 6.45) is 9.12. The van der Waals surface area contributed by atoms with E-state index in [2.05, 4.69) is 10.2 Å². The molecule has 1 saturated heterocycles. The molecule has 21 heavy (non-hydrogen) atoms. The third-order valence-corrected chi connectivity index (χ3v) is 7.55. The van der Waals surface area contributed by atoms with Gasteiger partial charge in [-0.25, -0.2) is 8.42 Å². The Kier molecular flexibility index (Phi) is 4.63. The van der Waals surface area contributed by atoms with Gasteiger partial charge in [-0.2, -0.15) is 0 Å². The lowest BCUT2D eigenvalue weighted by Crippen LogP contribution is -2.66. The maximum atomic E-state index is 11.9. The van der Waals surface area contributed by atoms with Gasteiger partial charge in [-0.3, -0.25) is 4.90 Å². The van der Waals surface area contributed by atoms with E-state index in [1.54, 1.807) is 6.92 Å². The molecule has 1 unspecified atom stereocenters. The van der Waals surface area contributed by atoms with E-state index in [9.17, 15) is 8.42 Å². The molecule has 0 bridgehead atoms. The topological polar surface area (TPSA) is 49.4 Å². The zero-order chi connectivity index (χ0) is 14.9. The molecule has 0 amide bonds. The predicted molar refractivity (Wildman–Crippen MR) is 86.2 cm³/mol. The molecule has 5 heteroatoms. The molecule has 0 aromatic carbocycles. The van der Waals surface area contributed by atoms with Gasteiger partial charge in [0.2, 0.25) is 0 Å². The molecule has 2 saturated carbocycles. The van der Waals surface area contributed by atoms with Gasteiger partial charge in [0.25, 0.3) is 0 Å². The number of nitrogens with one attached hydrogen (secondary N) is 1. The van der Waals surface area contributed by atoms with Crippen LogP contribution in [0.1, 0.15) is 51.9 Å². The predicted octanol–water partition coefficient (Wildman–Crippen LogP) is 1.81. The van der Waals surface area contributed by atoms with Crippen LogP contribution >= 0.6 is 0 Å². The molecule has 1 N–H and O–H groups in total. The van der Waals surface area contributed by atoms with Crippen molar-refractivity contribution in [2.45, 2.75) is 63.5 Å². The molecule has 3 rings (SSSR count). The van der Waals surface area contributed by atoms with Gasteiger partial charge in [0.05, 0.1) is 5.75 Å². The Morgan fingerprint density at radius 1 is 1.19 bits per heavy atom. The minimum Gasteiger partial charge on any atom is -0.311 e. The average molecular weight is 314 g/mol. The molecule has 122 valence electrons. The Morgan fingerprint density at radius 3 is 2.52 bits per heavy atom. The minimum atomic E-state index is -2.86. The first-order valence-electron chi connectivity index (χ1n) is 8.73. The second kappa shape index (κ2) is 6.17. The smallest absolute Gasteiger partial charge is 0.151 e. The van der Waals surface area contributed by atoms with Crippen molar-refractivity contribution in [3.63, 3.8) is 0 Å². The first-order valence-corrected chi connectivity index (χ1v) is 10.6. The summed E-state index contributed by atoms with van der Waals surface area (Å²) in [4.78, 5) is 2.55. The van der Waals surface area contributed by atoms with Gasteiger partial charge in [0.15, 0.2) is 9.84 Å². The van der Waals surface area contributed by atoms with Crippen molar-refractivity contribution >= 4 is 9.84 Å². The molecule has 3 fully saturated rings. The molecule has 1 heterocycles. The van der Waals surface area contributed by atoms with Crippen LogP contribution in [0.5, 0.6) is 0 Å². The highest BCUT2D eigenvalue weighted by Gasteiger charge is 2.45. The van der Waals surface area contributed by atoms with Crippen LogP contribution in [0.4, 0.5) is 0 Å². The third-order valence-electron chi connectivity index (χ3n) is 5.87. The van der Waals surface area contributed by atoms with Crippen LogP contribution in [-0.4, -0.2) is 56.0 Å². The molecule has 1 aliphatic heterocycles. The van der Waals surface area contributed by atoms with Gasteiger partial charge in [-0.1, -0.05) is 26.2 Å². The van der Waals surface area contributed by atoms with Crippen molar-refractivity contribution in [2.24, 2.45) is 5.92 Å². The number of rotatable bonds is 5. The summed E-state index contributed by atoms with van der Waals surface area (Å²) in [5, 5.41) is 3.79. The lowest BCUT2D eigenvalue weighted by Gasteiger charge is -2.52. The highest BCUT2D eigenvalue weighted by molar-refractivity contribution is 7.91. The van der Waals surface area contributed by atoms with Crippen molar-refractivity contribution < 1.29 is 8.42 Å². The van der Waals surface area contributed by atoms with Gasteiger partial charge in [-0.05, 0) is 31.6 Å². The van der Waals surface area contributed by atoms with Crippen LogP contribution < -0.4 is 5.32 Å². The standard InChI is InChI=1S/C16H30N2O2S/c1-2-21(19,20)11-10-18-12-15(14-6-7-14)17-13-16(18)8-4-3-5-9-16/h14-15,17H,2-13H2,1H3. The zero-order valence-corrected chi connectivity index (χ0v) is 14.1. The first kappa shape index (κ1) is 15.8. The quantitative estimate of drug-likeness (QED) is 0.841. The van der Waals surface area contributed by atoms with E-state index in [0.29, 0.717) is 11.8 Å². The maximum Gasteiger partial charge on any atom is 0.151 e. The monoisotopic (exact) mass is 314 g/mol. The molecule has 4 nitrogen and oxygen atoms in total. The number of sulfone groups is 1. The summed E-state index contributed by atoms with van der Waals surface area (Å²) in [7, 11) is -2.86. The summed E-state index contributed by atoms with van der Waals surface area (Å²) in [6.45, 7) is 4.63. The van der Waals surface area contributed by atoms with Gasteiger partial charge < -0.3 is 5.32 Å². The summed E-state index contributed by atoms with van der Waals surface area (Å²) in [5.41, 5.74) is 0.243. The first-order chi connectivity index (χ1) is 10.0. The lowest BCUT2D eigenvalue weighted by atomic mass is 9.78. The zero-order valence-electron chi connectivity index (χ0n) is 13.3. The maximum absolute atomic E-state index is 11.9. The Bertz CT molecular complexity index is 453. The second-order valence-corrected chi connectivity index (χ2v) is 9.76. The van der Waals surface area contributed by atoms with E-state index < -0.39 is 9.84 Å². The van der Waals surface area contributed by atoms with Crippen molar-refractivity contribution in [2.75, 3.05) is 31.1 Å². The molecule has 0 aromatic heterocycles. The van der Waals surface area contributed by atoms with E-state index in [0.717, 1.165) is 25.6 Å². The highest BCUT2D eigenvalue weighted by Crippen LogP contribution is 2.40. The van der Waals surface area contributed by atoms with Crippen LogP contribution in [0.15, 0.2) is 0 Å². The van der Waals surface area contributed by atoms with Crippen molar-refractivity contribution in [1.29, 1.82) is 0 Å². The molecule has 0 aromatic rings. The van der Waals surface area contributed by atoms with Gasteiger partial charge in [-0.15, -0.1) is 0 Å². The van der Waals surface area contributed by atoms with Gasteiger partial charge in [0.1, 0.15) is 0 Å². The fourth-order valence-electron chi connectivity index (χ4n) is 4.17. The Morgan fingerprint density at radius 2 is 1.90 bits per heavy atom. The fraction of sp³-hybridized carbons (Fsp3) is 1.00. The summed E-state index contributed by atoms with van der Waals surface area (Å²) in [6, 6.07) is 0.599. The molecular formula is C16H30N2O2S. The third kappa shape index (κ3) is 3.62. The van der Waals surface area contributed by atoms with Crippen molar-refractivity contribution in [1.82, 2.24) is 10.2 Å². The molecule has 1 spiro atoms. The molecule has 0 radical (unpaired) electrons. The van der Waals surface area contributed by atoms with Gasteiger partial charge >= 0.3 is 0 Å². The lowest BCUT2D eigenvalue weighted by molar-refractivity contribution is 0.0110. The number of hydrogen-bond acceptors (Lipinski definition) is 4. The fourth-order valence-corrected chi connectivity index (χ4v) is 4.96. The van der Waals surface area contributed by atoms with Crippen LogP contribution in [0, 0.1) is 5.92 Å². The highest BCUT2D eigenvalue weighted by atomic mass is 32.2. The normalized spacial score (nSPS) is 30.6. The average Bonchev–Trinajstić information content (AvgIpc) is 3.32. The summed E-state index contributed by atoms with van der Waals surface area (Å²) in [5.74, 6) is 1.46. The van der Waals surface area contributed by atoms with Crippen LogP contribution in [-0.2, 0) is 9.84 Å². The molecule has 3 aliphatic rings. The van der Waals surface area contributed by atoms with Crippen LogP contribution in [0.3, 0.4) is 0 Å². The number of nitrogens with zero attached hydrogens (tertiary/aromatic N) is 1. The number of hydrogen-bond donors (Lipinski definition) is 1. The van der Waals surface area contributed by atoms with E-state index >= 15 is 0 Å². The Hall–Kier alpha value is -0.130. The molecular weight excluding hydrogens is 284 g/mol. The van der Waals surface area contributed by atoms with Crippen molar-refractivity contribution in [3.8, 4) is 0 Å².